The average Bonchev–Trinajstić information content (AvgIpc) is 2.75. The predicted molar refractivity (Wildman–Crippen MR) is 121 cm³/mol. The fraction of sp³-hybridized carbons (Fsp3) is 0.0714. The van der Waals surface area contributed by atoms with E-state index in [2.05, 4.69) is 110 Å². The molecule has 0 radical (unpaired) electrons. The Morgan fingerprint density at radius 3 is 2.04 bits per heavy atom. The smallest absolute Gasteiger partial charge is 0.00227 e. The SMILES string of the molecule is Cc1c(Cc2ccccc2)cc2ccccc2c1-c1cccc2ccccc12. The molecule has 0 nitrogen and oxygen atoms in total. The molecule has 5 aromatic rings. The number of hydrogen-bond acceptors (Lipinski definition) is 0. The molecule has 0 heteroatoms. The molecule has 0 atom stereocenters. The first-order valence-corrected chi connectivity index (χ1v) is 9.84. The lowest BCUT2D eigenvalue weighted by Gasteiger charge is -2.17. The largest absolute Gasteiger partial charge is 0.0622 e. The van der Waals surface area contributed by atoms with Crippen LogP contribution in [0.5, 0.6) is 0 Å². The normalized spacial score (nSPS) is 11.2. The van der Waals surface area contributed by atoms with Crippen LogP contribution < -0.4 is 0 Å². The van der Waals surface area contributed by atoms with Crippen LogP contribution in [0.1, 0.15) is 16.7 Å². The molecule has 5 rings (SSSR count). The van der Waals surface area contributed by atoms with Gasteiger partial charge >= 0.3 is 0 Å². The molecule has 0 aliphatic carbocycles. The number of hydrogen-bond donors (Lipinski definition) is 0. The Hall–Kier alpha value is -3.38. The second-order valence-electron chi connectivity index (χ2n) is 7.45. The summed E-state index contributed by atoms with van der Waals surface area (Å²) in [4.78, 5) is 0. The standard InChI is InChI=1S/C28H22/c1-20-24(18-21-10-3-2-4-11-21)19-23-13-6-8-16-26(23)28(20)27-17-9-14-22-12-5-7-15-25(22)27/h2-17,19H,18H2,1H3. The second-order valence-corrected chi connectivity index (χ2v) is 7.45. The van der Waals surface area contributed by atoms with Crippen LogP contribution in [0.25, 0.3) is 32.7 Å². The van der Waals surface area contributed by atoms with Gasteiger partial charge in [0.05, 0.1) is 0 Å². The summed E-state index contributed by atoms with van der Waals surface area (Å²) in [5.74, 6) is 0. The van der Waals surface area contributed by atoms with Gasteiger partial charge in [-0.3, -0.25) is 0 Å². The average molecular weight is 358 g/mol. The van der Waals surface area contributed by atoms with Gasteiger partial charge in [0.1, 0.15) is 0 Å². The van der Waals surface area contributed by atoms with Crippen molar-refractivity contribution in [1.82, 2.24) is 0 Å². The van der Waals surface area contributed by atoms with Crippen molar-refractivity contribution in [1.29, 1.82) is 0 Å². The zero-order valence-electron chi connectivity index (χ0n) is 16.0. The van der Waals surface area contributed by atoms with E-state index in [4.69, 9.17) is 0 Å². The summed E-state index contributed by atoms with van der Waals surface area (Å²) in [6.07, 6.45) is 0.954. The molecule has 0 saturated heterocycles. The van der Waals surface area contributed by atoms with E-state index in [9.17, 15) is 0 Å². The van der Waals surface area contributed by atoms with Gasteiger partial charge in [0.15, 0.2) is 0 Å². The van der Waals surface area contributed by atoms with E-state index in [-0.39, 0.29) is 0 Å². The first-order valence-electron chi connectivity index (χ1n) is 9.84. The molecule has 0 aliphatic rings. The zero-order valence-corrected chi connectivity index (χ0v) is 16.0. The minimum absolute atomic E-state index is 0.954. The molecule has 0 saturated carbocycles. The van der Waals surface area contributed by atoms with Gasteiger partial charge in [0.25, 0.3) is 0 Å². The molecule has 0 aliphatic heterocycles. The molecular formula is C28H22. The summed E-state index contributed by atoms with van der Waals surface area (Å²) in [5, 5.41) is 5.24. The van der Waals surface area contributed by atoms with Crippen LogP contribution >= 0.6 is 0 Å². The van der Waals surface area contributed by atoms with Crippen molar-refractivity contribution in [2.75, 3.05) is 0 Å². The first kappa shape index (κ1) is 16.8. The lowest BCUT2D eigenvalue weighted by Crippen LogP contribution is -1.97. The van der Waals surface area contributed by atoms with Gasteiger partial charge in [-0.05, 0) is 62.7 Å². The van der Waals surface area contributed by atoms with E-state index in [1.54, 1.807) is 0 Å². The Balaban J connectivity index is 1.81. The molecule has 0 unspecified atom stereocenters. The second kappa shape index (κ2) is 6.98. The highest BCUT2D eigenvalue weighted by atomic mass is 14.2. The van der Waals surface area contributed by atoms with Gasteiger partial charge in [0, 0.05) is 0 Å². The molecule has 0 heterocycles. The van der Waals surface area contributed by atoms with Gasteiger partial charge < -0.3 is 0 Å². The summed E-state index contributed by atoms with van der Waals surface area (Å²) in [7, 11) is 0. The molecule has 0 amide bonds. The van der Waals surface area contributed by atoms with Crippen LogP contribution in [0, 0.1) is 6.92 Å². The van der Waals surface area contributed by atoms with E-state index in [1.165, 1.54) is 49.4 Å². The Kier molecular flexibility index (Phi) is 4.18. The lowest BCUT2D eigenvalue weighted by molar-refractivity contribution is 1.17. The molecule has 28 heavy (non-hydrogen) atoms. The van der Waals surface area contributed by atoms with Gasteiger partial charge in [-0.2, -0.15) is 0 Å². The highest BCUT2D eigenvalue weighted by molar-refractivity contribution is 6.07. The van der Waals surface area contributed by atoms with Crippen LogP contribution in [-0.2, 0) is 6.42 Å². The van der Waals surface area contributed by atoms with E-state index < -0.39 is 0 Å². The van der Waals surface area contributed by atoms with Crippen molar-refractivity contribution in [3.8, 4) is 11.1 Å². The minimum Gasteiger partial charge on any atom is -0.0622 e. The molecule has 0 aromatic heterocycles. The maximum absolute atomic E-state index is 2.37. The monoisotopic (exact) mass is 358 g/mol. The number of rotatable bonds is 3. The molecule has 134 valence electrons. The fourth-order valence-electron chi connectivity index (χ4n) is 4.30. The molecule has 0 spiro atoms. The van der Waals surface area contributed by atoms with Gasteiger partial charge in [0.2, 0.25) is 0 Å². The van der Waals surface area contributed by atoms with Crippen molar-refractivity contribution in [2.24, 2.45) is 0 Å². The summed E-state index contributed by atoms with van der Waals surface area (Å²) in [6.45, 7) is 2.28. The maximum Gasteiger partial charge on any atom is -0.00227 e. The third-order valence-corrected chi connectivity index (χ3v) is 5.71. The predicted octanol–water partition coefficient (Wildman–Crippen LogP) is 7.56. The Labute approximate surface area is 166 Å². The summed E-state index contributed by atoms with van der Waals surface area (Å²) in [5.41, 5.74) is 6.80. The van der Waals surface area contributed by atoms with Crippen molar-refractivity contribution in [3.63, 3.8) is 0 Å². The summed E-state index contributed by atoms with van der Waals surface area (Å²) < 4.78 is 0. The van der Waals surface area contributed by atoms with Crippen molar-refractivity contribution in [2.45, 2.75) is 13.3 Å². The van der Waals surface area contributed by atoms with E-state index in [0.717, 1.165) is 6.42 Å². The molecule has 0 bridgehead atoms. The quantitative estimate of drug-likeness (QED) is 0.312. The molecular weight excluding hydrogens is 336 g/mol. The Bertz CT molecular complexity index is 1270. The van der Waals surface area contributed by atoms with Crippen molar-refractivity contribution < 1.29 is 0 Å². The third-order valence-electron chi connectivity index (χ3n) is 5.71. The van der Waals surface area contributed by atoms with Gasteiger partial charge in [-0.25, -0.2) is 0 Å². The lowest BCUT2D eigenvalue weighted by atomic mass is 9.86. The van der Waals surface area contributed by atoms with Crippen LogP contribution in [0.15, 0.2) is 103 Å². The summed E-state index contributed by atoms with van der Waals surface area (Å²) in [6, 6.07) is 37.2. The van der Waals surface area contributed by atoms with E-state index in [1.807, 2.05) is 0 Å². The third kappa shape index (κ3) is 2.88. The minimum atomic E-state index is 0.954. The summed E-state index contributed by atoms with van der Waals surface area (Å²) >= 11 is 0. The number of fused-ring (bicyclic) bond motifs is 2. The first-order chi connectivity index (χ1) is 13.8. The number of benzene rings is 5. The Morgan fingerprint density at radius 2 is 1.21 bits per heavy atom. The molecule has 5 aromatic carbocycles. The highest BCUT2D eigenvalue weighted by Gasteiger charge is 2.14. The van der Waals surface area contributed by atoms with E-state index >= 15 is 0 Å². The van der Waals surface area contributed by atoms with Crippen LogP contribution in [0.4, 0.5) is 0 Å². The molecule has 0 N–H and O–H groups in total. The van der Waals surface area contributed by atoms with E-state index in [0.29, 0.717) is 0 Å². The van der Waals surface area contributed by atoms with Crippen LogP contribution in [0.3, 0.4) is 0 Å². The van der Waals surface area contributed by atoms with Crippen molar-refractivity contribution >= 4 is 21.5 Å². The van der Waals surface area contributed by atoms with Gasteiger partial charge in [-0.15, -0.1) is 0 Å². The fourth-order valence-corrected chi connectivity index (χ4v) is 4.30. The maximum atomic E-state index is 2.37. The highest BCUT2D eigenvalue weighted by Crippen LogP contribution is 2.38. The van der Waals surface area contributed by atoms with Gasteiger partial charge in [-0.1, -0.05) is 103 Å². The van der Waals surface area contributed by atoms with Crippen LogP contribution in [0.2, 0.25) is 0 Å². The van der Waals surface area contributed by atoms with Crippen molar-refractivity contribution in [3.05, 3.63) is 120 Å². The topological polar surface area (TPSA) is 0 Å². The molecule has 0 fully saturated rings. The van der Waals surface area contributed by atoms with Crippen LogP contribution in [-0.4, -0.2) is 0 Å². The zero-order chi connectivity index (χ0) is 18.9. The Morgan fingerprint density at radius 1 is 0.571 bits per heavy atom.